The maximum absolute atomic E-state index is 12.8. The second-order valence-corrected chi connectivity index (χ2v) is 18.5. The highest BCUT2D eigenvalue weighted by molar-refractivity contribution is 5.70. The van der Waals surface area contributed by atoms with Crippen LogP contribution < -0.4 is 0 Å². The molecule has 0 heterocycles. The van der Waals surface area contributed by atoms with Gasteiger partial charge in [0.15, 0.2) is 6.10 Å². The van der Waals surface area contributed by atoms with Gasteiger partial charge in [0.25, 0.3) is 0 Å². The van der Waals surface area contributed by atoms with E-state index < -0.39 is 6.10 Å². The van der Waals surface area contributed by atoms with Crippen LogP contribution in [0.2, 0.25) is 0 Å². The first-order chi connectivity index (χ1) is 31.6. The van der Waals surface area contributed by atoms with Gasteiger partial charge >= 0.3 is 11.9 Å². The predicted molar refractivity (Wildman–Crippen MR) is 279 cm³/mol. The Bertz CT molecular complexity index is 1100. The monoisotopic (exact) mass is 895 g/mol. The molecular weight excluding hydrogens is 789 g/mol. The fourth-order valence-corrected chi connectivity index (χ4v) is 7.91. The van der Waals surface area contributed by atoms with E-state index in [9.17, 15) is 9.59 Å². The molecule has 0 bridgehead atoms. The number of hydrogen-bond donors (Lipinski definition) is 0. The summed E-state index contributed by atoms with van der Waals surface area (Å²) >= 11 is 0. The number of allylic oxidation sites excluding steroid dienone is 10. The first-order valence-electron chi connectivity index (χ1n) is 27.8. The predicted octanol–water partition coefficient (Wildman–Crippen LogP) is 18.9. The van der Waals surface area contributed by atoms with Crippen LogP contribution in [0.5, 0.6) is 0 Å². The van der Waals surface area contributed by atoms with Crippen LogP contribution in [-0.2, 0) is 23.8 Å². The van der Waals surface area contributed by atoms with Crippen molar-refractivity contribution in [3.05, 3.63) is 60.8 Å². The minimum Gasteiger partial charge on any atom is -0.462 e. The molecule has 0 saturated heterocycles. The van der Waals surface area contributed by atoms with Crippen molar-refractivity contribution in [2.75, 3.05) is 19.8 Å². The molecule has 0 aromatic rings. The van der Waals surface area contributed by atoms with Gasteiger partial charge in [0, 0.05) is 19.4 Å². The Morgan fingerprint density at radius 3 is 1.16 bits per heavy atom. The lowest BCUT2D eigenvalue weighted by Crippen LogP contribution is -2.30. The molecule has 1 unspecified atom stereocenters. The van der Waals surface area contributed by atoms with Crippen molar-refractivity contribution >= 4 is 11.9 Å². The Kier molecular flexibility index (Phi) is 52.9. The average molecular weight is 895 g/mol. The third-order valence-corrected chi connectivity index (χ3v) is 12.0. The Morgan fingerprint density at radius 1 is 0.359 bits per heavy atom. The molecule has 0 aliphatic rings. The van der Waals surface area contributed by atoms with Crippen LogP contribution in [0.15, 0.2) is 60.8 Å². The van der Waals surface area contributed by atoms with Crippen molar-refractivity contribution in [3.63, 3.8) is 0 Å². The van der Waals surface area contributed by atoms with Crippen molar-refractivity contribution in [1.29, 1.82) is 0 Å². The van der Waals surface area contributed by atoms with Gasteiger partial charge in [-0.15, -0.1) is 0 Å². The van der Waals surface area contributed by atoms with Crippen LogP contribution in [0.4, 0.5) is 0 Å². The van der Waals surface area contributed by atoms with Crippen molar-refractivity contribution in [1.82, 2.24) is 0 Å². The highest BCUT2D eigenvalue weighted by atomic mass is 16.6. The molecule has 0 N–H and O–H groups in total. The van der Waals surface area contributed by atoms with E-state index in [1.807, 2.05) is 0 Å². The van der Waals surface area contributed by atoms with Crippen LogP contribution in [0.3, 0.4) is 0 Å². The summed E-state index contributed by atoms with van der Waals surface area (Å²) in [5, 5.41) is 0. The van der Waals surface area contributed by atoms with Crippen LogP contribution in [0, 0.1) is 0 Å². The lowest BCUT2D eigenvalue weighted by molar-refractivity contribution is -0.163. The molecule has 5 heteroatoms. The molecule has 0 fully saturated rings. The van der Waals surface area contributed by atoms with Crippen molar-refractivity contribution in [3.8, 4) is 0 Å². The van der Waals surface area contributed by atoms with Crippen molar-refractivity contribution < 1.29 is 23.8 Å². The van der Waals surface area contributed by atoms with Crippen molar-refractivity contribution in [2.24, 2.45) is 0 Å². The third kappa shape index (κ3) is 52.2. The van der Waals surface area contributed by atoms with E-state index in [2.05, 4.69) is 81.5 Å². The number of hydrogen-bond acceptors (Lipinski definition) is 5. The number of carbonyl (C=O) groups excluding carboxylic acids is 2. The summed E-state index contributed by atoms with van der Waals surface area (Å²) in [6.45, 7) is 7.69. The molecule has 0 aromatic carbocycles. The first-order valence-corrected chi connectivity index (χ1v) is 27.8. The number of carbonyl (C=O) groups is 2. The molecule has 64 heavy (non-hydrogen) atoms. The van der Waals surface area contributed by atoms with Gasteiger partial charge in [0.1, 0.15) is 6.61 Å². The van der Waals surface area contributed by atoms with E-state index in [1.165, 1.54) is 167 Å². The summed E-state index contributed by atoms with van der Waals surface area (Å²) < 4.78 is 17.5. The molecule has 0 rings (SSSR count). The highest BCUT2D eigenvalue weighted by Crippen LogP contribution is 2.16. The maximum atomic E-state index is 12.8. The molecule has 0 aromatic heterocycles. The number of rotatable bonds is 51. The summed E-state index contributed by atoms with van der Waals surface area (Å²) in [7, 11) is 0. The topological polar surface area (TPSA) is 61.8 Å². The van der Waals surface area contributed by atoms with Gasteiger partial charge in [-0.1, -0.05) is 242 Å². The zero-order valence-corrected chi connectivity index (χ0v) is 42.8. The molecule has 5 nitrogen and oxygen atoms in total. The largest absolute Gasteiger partial charge is 0.462 e. The Morgan fingerprint density at radius 2 is 0.703 bits per heavy atom. The van der Waals surface area contributed by atoms with Gasteiger partial charge in [-0.05, 0) is 83.5 Å². The van der Waals surface area contributed by atoms with Gasteiger partial charge in [0.2, 0.25) is 0 Å². The molecule has 0 spiro atoms. The molecule has 0 amide bonds. The Hall–Kier alpha value is -2.40. The van der Waals surface area contributed by atoms with Crippen LogP contribution in [-0.4, -0.2) is 37.9 Å². The summed E-state index contributed by atoms with van der Waals surface area (Å²) in [5.74, 6) is -0.402. The summed E-state index contributed by atoms with van der Waals surface area (Å²) in [4.78, 5) is 25.5. The SMILES string of the molecule is CC/C=C\C/C=C\C/C=C\CCCCCCCCOCC(COC(=O)CCCCCCCCC/C=C\C/C=C\CCCCC)OC(=O)CCCCCCCCCCCCCCCCC. The smallest absolute Gasteiger partial charge is 0.306 e. The van der Waals surface area contributed by atoms with E-state index >= 15 is 0 Å². The third-order valence-electron chi connectivity index (χ3n) is 12.0. The minimum atomic E-state index is -0.545. The van der Waals surface area contributed by atoms with Gasteiger partial charge < -0.3 is 14.2 Å². The second-order valence-electron chi connectivity index (χ2n) is 18.5. The lowest BCUT2D eigenvalue weighted by atomic mass is 10.0. The molecular formula is C59H106O5. The van der Waals surface area contributed by atoms with E-state index in [0.29, 0.717) is 19.4 Å². The summed E-state index contributed by atoms with van der Waals surface area (Å²) in [5.41, 5.74) is 0. The van der Waals surface area contributed by atoms with E-state index in [-0.39, 0.29) is 25.2 Å². The number of unbranched alkanes of at least 4 members (excludes halogenated alkanes) is 30. The zero-order chi connectivity index (χ0) is 46.3. The minimum absolute atomic E-state index is 0.0775. The fourth-order valence-electron chi connectivity index (χ4n) is 7.91. The molecule has 0 saturated carbocycles. The van der Waals surface area contributed by atoms with Gasteiger partial charge in [-0.2, -0.15) is 0 Å². The van der Waals surface area contributed by atoms with E-state index in [4.69, 9.17) is 14.2 Å². The number of ether oxygens (including phenoxy) is 3. The summed E-state index contributed by atoms with van der Waals surface area (Å²) in [6.07, 6.45) is 69.4. The Labute approximate surface area is 398 Å². The van der Waals surface area contributed by atoms with Crippen LogP contribution in [0.25, 0.3) is 0 Å². The second kappa shape index (κ2) is 54.9. The molecule has 0 aliphatic carbocycles. The zero-order valence-electron chi connectivity index (χ0n) is 42.8. The van der Waals surface area contributed by atoms with Crippen LogP contribution in [0.1, 0.15) is 278 Å². The molecule has 372 valence electrons. The summed E-state index contributed by atoms with van der Waals surface area (Å²) in [6, 6.07) is 0. The van der Waals surface area contributed by atoms with E-state index in [1.54, 1.807) is 0 Å². The first kappa shape index (κ1) is 61.6. The normalized spacial score (nSPS) is 12.6. The molecule has 0 radical (unpaired) electrons. The van der Waals surface area contributed by atoms with Crippen LogP contribution >= 0.6 is 0 Å². The van der Waals surface area contributed by atoms with Gasteiger partial charge in [0.05, 0.1) is 6.61 Å². The fraction of sp³-hybridized carbons (Fsp3) is 0.797. The quantitative estimate of drug-likeness (QED) is 0.0346. The molecule has 1 atom stereocenters. The Balaban J connectivity index is 4.28. The standard InChI is InChI=1S/C59H106O5/c1-4-7-10-13-16-19-22-25-28-30-32-34-37-40-43-46-49-52-58(60)63-56-57(55-62-54-51-48-45-42-39-36-33-29-26-23-20-17-14-11-8-5-2)64-59(61)53-50-47-44-41-38-35-31-27-24-21-18-15-12-9-6-3/h8,11,16-17,19-20,25-26,28-29,57H,4-7,9-10,12-15,18,21-24,27,30-56H2,1-3H3/b11-8-,19-16-,20-17-,28-25-,29-26-. The highest BCUT2D eigenvalue weighted by Gasteiger charge is 2.17. The van der Waals surface area contributed by atoms with Gasteiger partial charge in [-0.3, -0.25) is 9.59 Å². The average Bonchev–Trinajstić information content (AvgIpc) is 3.30. The molecule has 0 aliphatic heterocycles. The van der Waals surface area contributed by atoms with Gasteiger partial charge in [-0.25, -0.2) is 0 Å². The van der Waals surface area contributed by atoms with Crippen molar-refractivity contribution in [2.45, 2.75) is 284 Å². The maximum Gasteiger partial charge on any atom is 0.306 e. The lowest BCUT2D eigenvalue weighted by Gasteiger charge is -2.18. The number of esters is 2. The van der Waals surface area contributed by atoms with E-state index in [0.717, 1.165) is 77.0 Å².